The zero-order valence-corrected chi connectivity index (χ0v) is 23.6. The van der Waals surface area contributed by atoms with E-state index in [1.807, 2.05) is 6.07 Å². The molecule has 0 fully saturated rings. The first-order chi connectivity index (χ1) is 21.3. The second-order valence-electron chi connectivity index (χ2n) is 10.8. The van der Waals surface area contributed by atoms with Crippen molar-refractivity contribution in [3.63, 3.8) is 0 Å². The molecule has 0 saturated carbocycles. The minimum atomic E-state index is 0.901. The smallest absolute Gasteiger partial charge is 0.138 e. The van der Waals surface area contributed by atoms with Gasteiger partial charge in [0.1, 0.15) is 5.82 Å². The molecule has 0 saturated heterocycles. The Labute approximate surface area is 251 Å². The Bertz CT molecular complexity index is 2200. The van der Waals surface area contributed by atoms with Crippen molar-refractivity contribution >= 4 is 21.8 Å². The normalized spacial score (nSPS) is 11.3. The monoisotopic (exact) mass is 548 g/mol. The molecular formula is C41H28N2. The maximum Gasteiger partial charge on any atom is 0.138 e. The minimum absolute atomic E-state index is 0.901. The van der Waals surface area contributed by atoms with Gasteiger partial charge < -0.3 is 0 Å². The highest BCUT2D eigenvalue weighted by atomic mass is 15.1. The fourth-order valence-electron chi connectivity index (χ4n) is 6.15. The van der Waals surface area contributed by atoms with Gasteiger partial charge in [-0.25, -0.2) is 4.98 Å². The molecule has 0 aliphatic heterocycles. The molecule has 43 heavy (non-hydrogen) atoms. The number of rotatable bonds is 5. The van der Waals surface area contributed by atoms with Crippen molar-refractivity contribution in [1.29, 1.82) is 0 Å². The number of pyridine rings is 1. The average molecular weight is 549 g/mol. The molecule has 0 N–H and O–H groups in total. The zero-order chi connectivity index (χ0) is 28.6. The van der Waals surface area contributed by atoms with Gasteiger partial charge in [0.2, 0.25) is 0 Å². The molecule has 8 aromatic rings. The first-order valence-corrected chi connectivity index (χ1v) is 14.6. The maximum absolute atomic E-state index is 5.24. The van der Waals surface area contributed by atoms with Gasteiger partial charge in [-0.2, -0.15) is 0 Å². The number of benzene rings is 6. The van der Waals surface area contributed by atoms with Crippen molar-refractivity contribution in [1.82, 2.24) is 9.55 Å². The van der Waals surface area contributed by atoms with Crippen LogP contribution in [-0.2, 0) is 0 Å². The van der Waals surface area contributed by atoms with Crippen LogP contribution >= 0.6 is 0 Å². The van der Waals surface area contributed by atoms with Gasteiger partial charge in [-0.1, -0.05) is 133 Å². The molecule has 0 aliphatic carbocycles. The Morgan fingerprint density at radius 1 is 0.372 bits per heavy atom. The number of fused-ring (bicyclic) bond motifs is 3. The molecule has 0 unspecified atom stereocenters. The summed E-state index contributed by atoms with van der Waals surface area (Å²) in [4.78, 5) is 5.24. The standard InChI is InChI=1S/C41H28N2/c1-5-14-29(15-6-1)33-24-25-39-36(26-33)37-28-34(30-16-7-2-8-17-30)27-35(31-18-9-3-10-19-31)41(37)43(39)40-23-13-22-38(42-40)32-20-11-4-12-21-32/h1-28H. The first kappa shape index (κ1) is 25.0. The summed E-state index contributed by atoms with van der Waals surface area (Å²) in [6, 6.07) is 60.2. The van der Waals surface area contributed by atoms with Crippen molar-refractivity contribution in [3.8, 4) is 50.5 Å². The Hall–Kier alpha value is -5.73. The summed E-state index contributed by atoms with van der Waals surface area (Å²) in [5, 5.41) is 2.41. The van der Waals surface area contributed by atoms with E-state index in [-0.39, 0.29) is 0 Å². The second-order valence-corrected chi connectivity index (χ2v) is 10.8. The molecule has 202 valence electrons. The third-order valence-electron chi connectivity index (χ3n) is 8.19. The molecule has 2 aromatic heterocycles. The molecule has 2 heteroatoms. The summed E-state index contributed by atoms with van der Waals surface area (Å²) in [6.45, 7) is 0. The van der Waals surface area contributed by atoms with Gasteiger partial charge >= 0.3 is 0 Å². The van der Waals surface area contributed by atoms with E-state index in [2.05, 4.69) is 168 Å². The zero-order valence-electron chi connectivity index (χ0n) is 23.6. The molecule has 0 atom stereocenters. The summed E-state index contributed by atoms with van der Waals surface area (Å²) in [7, 11) is 0. The van der Waals surface area contributed by atoms with E-state index in [0.717, 1.165) is 28.1 Å². The van der Waals surface area contributed by atoms with Crippen LogP contribution in [0.15, 0.2) is 170 Å². The molecular weight excluding hydrogens is 520 g/mol. The summed E-state index contributed by atoms with van der Waals surface area (Å²) < 4.78 is 2.35. The average Bonchev–Trinajstić information content (AvgIpc) is 3.43. The van der Waals surface area contributed by atoms with Gasteiger partial charge in [0.15, 0.2) is 0 Å². The third-order valence-corrected chi connectivity index (χ3v) is 8.19. The van der Waals surface area contributed by atoms with Gasteiger partial charge in [-0.15, -0.1) is 0 Å². The summed E-state index contributed by atoms with van der Waals surface area (Å²) in [6.07, 6.45) is 0. The van der Waals surface area contributed by atoms with Crippen LogP contribution in [-0.4, -0.2) is 9.55 Å². The molecule has 0 aliphatic rings. The van der Waals surface area contributed by atoms with E-state index in [1.165, 1.54) is 44.2 Å². The van der Waals surface area contributed by atoms with Crippen LogP contribution in [0.2, 0.25) is 0 Å². The van der Waals surface area contributed by atoms with Crippen LogP contribution in [0, 0.1) is 0 Å². The lowest BCUT2D eigenvalue weighted by Gasteiger charge is -2.14. The van der Waals surface area contributed by atoms with Crippen LogP contribution in [0.1, 0.15) is 0 Å². The highest BCUT2D eigenvalue weighted by Crippen LogP contribution is 2.42. The van der Waals surface area contributed by atoms with Gasteiger partial charge in [0.05, 0.1) is 16.7 Å². The summed E-state index contributed by atoms with van der Waals surface area (Å²) in [5.74, 6) is 0.901. The Balaban J connectivity index is 1.49. The van der Waals surface area contributed by atoms with Crippen LogP contribution in [0.5, 0.6) is 0 Å². The van der Waals surface area contributed by atoms with Crippen LogP contribution in [0.4, 0.5) is 0 Å². The molecule has 0 radical (unpaired) electrons. The number of hydrogen-bond donors (Lipinski definition) is 0. The molecule has 0 amide bonds. The van der Waals surface area contributed by atoms with Crippen molar-refractivity contribution in [2.45, 2.75) is 0 Å². The van der Waals surface area contributed by atoms with Gasteiger partial charge in [0.25, 0.3) is 0 Å². The lowest BCUT2D eigenvalue weighted by Crippen LogP contribution is -2.00. The largest absolute Gasteiger partial charge is 0.293 e. The Kier molecular flexibility index (Phi) is 6.16. The molecule has 0 spiro atoms. The predicted molar refractivity (Wildman–Crippen MR) is 180 cm³/mol. The van der Waals surface area contributed by atoms with E-state index < -0.39 is 0 Å². The molecule has 8 rings (SSSR count). The van der Waals surface area contributed by atoms with Crippen molar-refractivity contribution < 1.29 is 0 Å². The van der Waals surface area contributed by atoms with Crippen molar-refractivity contribution in [2.75, 3.05) is 0 Å². The van der Waals surface area contributed by atoms with E-state index >= 15 is 0 Å². The summed E-state index contributed by atoms with van der Waals surface area (Å²) >= 11 is 0. The lowest BCUT2D eigenvalue weighted by molar-refractivity contribution is 1.08. The molecule has 2 nitrogen and oxygen atoms in total. The highest BCUT2D eigenvalue weighted by Gasteiger charge is 2.20. The van der Waals surface area contributed by atoms with Crippen LogP contribution < -0.4 is 0 Å². The summed E-state index contributed by atoms with van der Waals surface area (Å²) in [5.41, 5.74) is 11.5. The quantitative estimate of drug-likeness (QED) is 0.209. The minimum Gasteiger partial charge on any atom is -0.293 e. The van der Waals surface area contributed by atoms with Crippen LogP contribution in [0.25, 0.3) is 72.3 Å². The molecule has 2 heterocycles. The predicted octanol–water partition coefficient (Wildman–Crippen LogP) is 10.8. The number of aromatic nitrogens is 2. The Morgan fingerprint density at radius 3 is 1.58 bits per heavy atom. The van der Waals surface area contributed by atoms with Gasteiger partial charge in [0, 0.05) is 21.9 Å². The lowest BCUT2D eigenvalue weighted by atomic mass is 9.95. The number of nitrogens with zero attached hydrogens (tertiary/aromatic N) is 2. The van der Waals surface area contributed by atoms with E-state index in [4.69, 9.17) is 4.98 Å². The van der Waals surface area contributed by atoms with E-state index in [1.54, 1.807) is 0 Å². The highest BCUT2D eigenvalue weighted by molar-refractivity contribution is 6.16. The Morgan fingerprint density at radius 2 is 0.930 bits per heavy atom. The second kappa shape index (κ2) is 10.6. The van der Waals surface area contributed by atoms with E-state index in [0.29, 0.717) is 0 Å². The third kappa shape index (κ3) is 4.50. The van der Waals surface area contributed by atoms with Crippen molar-refractivity contribution in [2.24, 2.45) is 0 Å². The maximum atomic E-state index is 5.24. The van der Waals surface area contributed by atoms with Crippen molar-refractivity contribution in [3.05, 3.63) is 170 Å². The first-order valence-electron chi connectivity index (χ1n) is 14.6. The van der Waals surface area contributed by atoms with Crippen LogP contribution in [0.3, 0.4) is 0 Å². The SMILES string of the molecule is c1ccc(-c2ccc3c(c2)c2cc(-c4ccccc4)cc(-c4ccccc4)c2n3-c2cccc(-c3ccccc3)n2)cc1. The van der Waals surface area contributed by atoms with E-state index in [9.17, 15) is 0 Å². The number of hydrogen-bond acceptors (Lipinski definition) is 1. The fourth-order valence-corrected chi connectivity index (χ4v) is 6.15. The molecule has 0 bridgehead atoms. The fraction of sp³-hybridized carbons (Fsp3) is 0. The van der Waals surface area contributed by atoms with Gasteiger partial charge in [-0.3, -0.25) is 4.57 Å². The topological polar surface area (TPSA) is 17.8 Å². The van der Waals surface area contributed by atoms with Gasteiger partial charge in [-0.05, 0) is 64.2 Å². The molecule has 6 aromatic carbocycles.